The van der Waals surface area contributed by atoms with Gasteiger partial charge in [0.05, 0.1) is 12.2 Å². The lowest BCUT2D eigenvalue weighted by Gasteiger charge is -2.39. The minimum atomic E-state index is -1.12. The molecule has 3 aromatic rings. The number of nitrogens with zero attached hydrogens (tertiary/aromatic N) is 2. The zero-order chi connectivity index (χ0) is 24.5. The number of carboxylic acid groups (broad SMARTS) is 1. The number of rotatable bonds is 6. The fourth-order valence-electron chi connectivity index (χ4n) is 6.17. The highest BCUT2D eigenvalue weighted by molar-refractivity contribution is 5.87. The quantitative estimate of drug-likeness (QED) is 0.437. The molecular formula is C29H30F2N2O2. The summed E-state index contributed by atoms with van der Waals surface area (Å²) in [5, 5.41) is 9.98. The number of likely N-dealkylation sites (tertiary alicyclic amines) is 1. The molecular weight excluding hydrogens is 446 g/mol. The van der Waals surface area contributed by atoms with Crippen LogP contribution in [0.5, 0.6) is 0 Å². The van der Waals surface area contributed by atoms with Gasteiger partial charge in [0, 0.05) is 19.6 Å². The normalized spacial score (nSPS) is 21.7. The van der Waals surface area contributed by atoms with E-state index in [1.54, 1.807) is 6.07 Å². The summed E-state index contributed by atoms with van der Waals surface area (Å²) in [4.78, 5) is 16.0. The largest absolute Gasteiger partial charge is 0.465 e. The Labute approximate surface area is 204 Å². The summed E-state index contributed by atoms with van der Waals surface area (Å²) < 4.78 is 27.1. The van der Waals surface area contributed by atoms with Crippen LogP contribution in [0.25, 0.3) is 0 Å². The monoisotopic (exact) mass is 476 g/mol. The van der Waals surface area contributed by atoms with Crippen LogP contribution >= 0.6 is 0 Å². The number of benzene rings is 3. The molecule has 0 aromatic heterocycles. The van der Waals surface area contributed by atoms with Crippen molar-refractivity contribution < 1.29 is 18.7 Å². The van der Waals surface area contributed by atoms with E-state index in [1.807, 2.05) is 19.1 Å². The maximum atomic E-state index is 13.7. The Kier molecular flexibility index (Phi) is 6.56. The zero-order valence-corrected chi connectivity index (χ0v) is 19.8. The number of amides is 1. The van der Waals surface area contributed by atoms with Gasteiger partial charge in [0.25, 0.3) is 0 Å². The van der Waals surface area contributed by atoms with Gasteiger partial charge in [-0.3, -0.25) is 9.80 Å². The number of hydrogen-bond donors (Lipinski definition) is 1. The maximum absolute atomic E-state index is 13.7. The summed E-state index contributed by atoms with van der Waals surface area (Å²) in [7, 11) is 0. The van der Waals surface area contributed by atoms with E-state index in [0.717, 1.165) is 37.3 Å². The molecule has 182 valence electrons. The molecule has 2 atom stereocenters. The lowest BCUT2D eigenvalue weighted by atomic mass is 9.78. The molecule has 0 radical (unpaired) electrons. The van der Waals surface area contributed by atoms with Gasteiger partial charge in [-0.2, -0.15) is 0 Å². The summed E-state index contributed by atoms with van der Waals surface area (Å²) in [6.45, 7) is 4.98. The van der Waals surface area contributed by atoms with Crippen molar-refractivity contribution in [3.8, 4) is 0 Å². The van der Waals surface area contributed by atoms with Crippen molar-refractivity contribution in [3.63, 3.8) is 0 Å². The number of hydrogen-bond acceptors (Lipinski definition) is 2. The van der Waals surface area contributed by atoms with Crippen LogP contribution in [0, 0.1) is 30.4 Å². The van der Waals surface area contributed by atoms with Crippen LogP contribution in [-0.4, -0.2) is 29.2 Å². The van der Waals surface area contributed by atoms with Crippen molar-refractivity contribution >= 4 is 11.8 Å². The van der Waals surface area contributed by atoms with E-state index in [0.29, 0.717) is 29.0 Å². The number of anilines is 1. The molecule has 3 aromatic carbocycles. The van der Waals surface area contributed by atoms with Gasteiger partial charge in [-0.15, -0.1) is 0 Å². The molecule has 35 heavy (non-hydrogen) atoms. The molecule has 0 spiro atoms. The van der Waals surface area contributed by atoms with Crippen molar-refractivity contribution in [2.45, 2.75) is 38.8 Å². The minimum absolute atomic E-state index is 0.0425. The second-order valence-electron chi connectivity index (χ2n) is 9.91. The minimum Gasteiger partial charge on any atom is -0.465 e. The van der Waals surface area contributed by atoms with Crippen molar-refractivity contribution in [3.05, 3.63) is 101 Å². The molecule has 1 aliphatic heterocycles. The van der Waals surface area contributed by atoms with Crippen molar-refractivity contribution in [1.29, 1.82) is 0 Å². The van der Waals surface area contributed by atoms with Gasteiger partial charge in [-0.1, -0.05) is 48.5 Å². The van der Waals surface area contributed by atoms with E-state index in [-0.39, 0.29) is 6.54 Å². The molecule has 2 bridgehead atoms. The molecule has 2 aliphatic rings. The van der Waals surface area contributed by atoms with Crippen LogP contribution in [-0.2, 0) is 13.1 Å². The first kappa shape index (κ1) is 23.5. The summed E-state index contributed by atoms with van der Waals surface area (Å²) in [6, 6.07) is 20.0. The van der Waals surface area contributed by atoms with Gasteiger partial charge < -0.3 is 5.11 Å². The second kappa shape index (κ2) is 9.78. The van der Waals surface area contributed by atoms with Crippen LogP contribution in [0.3, 0.4) is 0 Å². The SMILES string of the molecule is Cc1c(C2C3CCC2CN(Cc2ccccc2)C3)cccc1N(Cc1ccc(F)c(F)c1)C(=O)O. The third-order valence-electron chi connectivity index (χ3n) is 7.71. The first-order chi connectivity index (χ1) is 16.9. The van der Waals surface area contributed by atoms with E-state index in [1.165, 1.54) is 34.9 Å². The van der Waals surface area contributed by atoms with Gasteiger partial charge in [0.2, 0.25) is 0 Å². The second-order valence-corrected chi connectivity index (χ2v) is 9.91. The first-order valence-corrected chi connectivity index (χ1v) is 12.2. The molecule has 1 saturated heterocycles. The Hall–Kier alpha value is -3.25. The van der Waals surface area contributed by atoms with E-state index >= 15 is 0 Å². The molecule has 1 N–H and O–H groups in total. The highest BCUT2D eigenvalue weighted by atomic mass is 19.2. The Morgan fingerprint density at radius 1 is 0.943 bits per heavy atom. The predicted molar refractivity (Wildman–Crippen MR) is 132 cm³/mol. The summed E-state index contributed by atoms with van der Waals surface area (Å²) >= 11 is 0. The summed E-state index contributed by atoms with van der Waals surface area (Å²) in [5.74, 6) is -0.437. The molecule has 1 heterocycles. The predicted octanol–water partition coefficient (Wildman–Crippen LogP) is 6.58. The van der Waals surface area contributed by atoms with E-state index in [4.69, 9.17) is 0 Å². The van der Waals surface area contributed by atoms with Crippen LogP contribution in [0.4, 0.5) is 19.3 Å². The van der Waals surface area contributed by atoms with E-state index < -0.39 is 17.7 Å². The van der Waals surface area contributed by atoms with E-state index in [9.17, 15) is 18.7 Å². The molecule has 5 rings (SSSR count). The van der Waals surface area contributed by atoms with Gasteiger partial charge in [-0.25, -0.2) is 13.6 Å². The molecule has 1 amide bonds. The fraction of sp³-hybridized carbons (Fsp3) is 0.345. The van der Waals surface area contributed by atoms with Crippen LogP contribution in [0.2, 0.25) is 0 Å². The third-order valence-corrected chi connectivity index (χ3v) is 7.71. The molecule has 4 nitrogen and oxygen atoms in total. The Morgan fingerprint density at radius 3 is 2.31 bits per heavy atom. The summed E-state index contributed by atoms with van der Waals surface area (Å²) in [5.41, 5.74) is 4.51. The molecule has 2 unspecified atom stereocenters. The highest BCUT2D eigenvalue weighted by Gasteiger charge is 2.43. The highest BCUT2D eigenvalue weighted by Crippen LogP contribution is 2.50. The smallest absolute Gasteiger partial charge is 0.412 e. The van der Waals surface area contributed by atoms with Crippen molar-refractivity contribution in [1.82, 2.24) is 4.90 Å². The Bertz CT molecular complexity index is 1200. The molecule has 6 heteroatoms. The van der Waals surface area contributed by atoms with Gasteiger partial charge in [-0.05, 0) is 78.0 Å². The average molecular weight is 477 g/mol. The molecule has 1 aliphatic carbocycles. The van der Waals surface area contributed by atoms with Crippen molar-refractivity contribution in [2.24, 2.45) is 11.8 Å². The van der Waals surface area contributed by atoms with Gasteiger partial charge in [0.15, 0.2) is 11.6 Å². The van der Waals surface area contributed by atoms with Crippen molar-refractivity contribution in [2.75, 3.05) is 18.0 Å². The number of halogens is 2. The topological polar surface area (TPSA) is 43.8 Å². The third kappa shape index (κ3) is 4.80. The number of carbonyl (C=O) groups is 1. The van der Waals surface area contributed by atoms with E-state index in [2.05, 4.69) is 35.2 Å². The average Bonchev–Trinajstić information content (AvgIpc) is 3.10. The summed E-state index contributed by atoms with van der Waals surface area (Å²) in [6.07, 6.45) is 1.25. The lowest BCUT2D eigenvalue weighted by molar-refractivity contribution is 0.138. The van der Waals surface area contributed by atoms with Crippen LogP contribution < -0.4 is 4.90 Å². The fourth-order valence-corrected chi connectivity index (χ4v) is 6.17. The molecule has 1 saturated carbocycles. The zero-order valence-electron chi connectivity index (χ0n) is 19.8. The van der Waals surface area contributed by atoms with Gasteiger partial charge >= 0.3 is 6.09 Å². The van der Waals surface area contributed by atoms with Gasteiger partial charge in [0.1, 0.15) is 0 Å². The van der Waals surface area contributed by atoms with Crippen LogP contribution in [0.1, 0.15) is 41.0 Å². The molecule has 2 fully saturated rings. The Balaban J connectivity index is 1.38. The standard InChI is InChI=1S/C29H30F2N2O2/c1-19-24(28-22-11-12-23(28)18-32(17-22)15-20-6-3-2-4-7-20)8-5-9-27(19)33(29(34)35)16-21-10-13-25(30)26(31)14-21/h2-10,13-14,22-23,28H,11-12,15-18H2,1H3,(H,34,35). The lowest BCUT2D eigenvalue weighted by Crippen LogP contribution is -2.40. The maximum Gasteiger partial charge on any atom is 0.412 e. The Morgan fingerprint density at radius 2 is 1.66 bits per heavy atom. The first-order valence-electron chi connectivity index (χ1n) is 12.2. The number of piperidine rings is 1. The van der Waals surface area contributed by atoms with Crippen LogP contribution in [0.15, 0.2) is 66.7 Å². The number of fused-ring (bicyclic) bond motifs is 2.